The third kappa shape index (κ3) is 6.91. The molecule has 2 aliphatic heterocycles. The first kappa shape index (κ1) is 37.6. The fraction of sp³-hybridized carbons (Fsp3) is 0.444. The highest BCUT2D eigenvalue weighted by molar-refractivity contribution is 7.89. The number of H-pyrrole nitrogens is 1. The Labute approximate surface area is 321 Å². The molecule has 18 nitrogen and oxygen atoms in total. The largest absolute Gasteiger partial charge is 0.485 e. The van der Waals surface area contributed by atoms with Crippen LogP contribution in [-0.4, -0.2) is 118 Å². The van der Waals surface area contributed by atoms with Gasteiger partial charge in [-0.15, -0.1) is 5.10 Å². The van der Waals surface area contributed by atoms with E-state index in [1.807, 2.05) is 40.1 Å². The molecule has 1 atom stereocenters. The van der Waals surface area contributed by atoms with Crippen LogP contribution in [0.1, 0.15) is 51.1 Å². The first-order valence-corrected chi connectivity index (χ1v) is 20.0. The van der Waals surface area contributed by atoms with E-state index in [1.54, 1.807) is 22.0 Å². The smallest absolute Gasteiger partial charge is 0.247 e. The van der Waals surface area contributed by atoms with Gasteiger partial charge in [0, 0.05) is 69.6 Å². The maximum atomic E-state index is 15.6. The number of rotatable bonds is 11. The number of benzene rings is 1. The van der Waals surface area contributed by atoms with Gasteiger partial charge in [-0.25, -0.2) is 27.5 Å². The van der Waals surface area contributed by atoms with E-state index in [-0.39, 0.29) is 41.6 Å². The fourth-order valence-corrected chi connectivity index (χ4v) is 9.18. The molecule has 2 fully saturated rings. The zero-order chi connectivity index (χ0) is 39.4. The number of nitrogens with one attached hydrogen (secondary N) is 3. The maximum absolute atomic E-state index is 15.6. The van der Waals surface area contributed by atoms with Crippen LogP contribution in [0.3, 0.4) is 0 Å². The number of hydrogen-bond acceptors (Lipinski definition) is 14. The Kier molecular flexibility index (Phi) is 9.85. The Morgan fingerprint density at radius 1 is 1.05 bits per heavy atom. The summed E-state index contributed by atoms with van der Waals surface area (Å²) in [5.41, 5.74) is 3.17. The minimum Gasteiger partial charge on any atom is -0.485 e. The molecule has 20 heteroatoms. The number of nitrogens with zero attached hydrogens (tertiary/aromatic N) is 10. The van der Waals surface area contributed by atoms with Crippen LogP contribution in [0.25, 0.3) is 27.9 Å². The molecule has 0 radical (unpaired) electrons. The second kappa shape index (κ2) is 14.7. The Bertz CT molecular complexity index is 2480. The second-order valence-electron chi connectivity index (χ2n) is 14.5. The van der Waals surface area contributed by atoms with E-state index in [0.29, 0.717) is 61.4 Å². The van der Waals surface area contributed by atoms with E-state index in [1.165, 1.54) is 27.3 Å². The van der Waals surface area contributed by atoms with Crippen LogP contribution in [-0.2, 0) is 17.1 Å². The van der Waals surface area contributed by atoms with Gasteiger partial charge in [0.1, 0.15) is 17.8 Å². The van der Waals surface area contributed by atoms with Crippen molar-refractivity contribution in [3.8, 4) is 17.0 Å². The average Bonchev–Trinajstić information content (AvgIpc) is 3.95. The zero-order valence-electron chi connectivity index (χ0n) is 31.4. The number of aliphatic hydroxyl groups is 2. The number of ether oxygens (including phenoxy) is 1. The fourth-order valence-electron chi connectivity index (χ4n) is 7.64. The Morgan fingerprint density at radius 2 is 1.86 bits per heavy atom. The summed E-state index contributed by atoms with van der Waals surface area (Å²) in [6.07, 6.45) is 6.64. The van der Waals surface area contributed by atoms with Gasteiger partial charge < -0.3 is 25.6 Å². The first-order chi connectivity index (χ1) is 26.8. The van der Waals surface area contributed by atoms with Crippen molar-refractivity contribution in [1.29, 1.82) is 0 Å². The lowest BCUT2D eigenvalue weighted by atomic mass is 9.89. The van der Waals surface area contributed by atoms with Crippen molar-refractivity contribution in [2.75, 3.05) is 43.9 Å². The summed E-state index contributed by atoms with van der Waals surface area (Å²) in [7, 11) is -0.524. The topological polar surface area (TPSA) is 217 Å². The van der Waals surface area contributed by atoms with Crippen LogP contribution < -0.4 is 15.4 Å². The summed E-state index contributed by atoms with van der Waals surface area (Å²) in [6.45, 7) is 4.54. The molecule has 5 aromatic heterocycles. The molecule has 1 unspecified atom stereocenters. The number of halogens is 1. The lowest BCUT2D eigenvalue weighted by Gasteiger charge is -2.46. The van der Waals surface area contributed by atoms with Crippen LogP contribution in [0, 0.1) is 11.7 Å². The van der Waals surface area contributed by atoms with Crippen molar-refractivity contribution in [2.24, 2.45) is 13.0 Å². The number of hydrogen-bond donors (Lipinski definition) is 5. The lowest BCUT2D eigenvalue weighted by molar-refractivity contribution is -0.303. The van der Waals surface area contributed by atoms with E-state index < -0.39 is 27.7 Å². The van der Waals surface area contributed by atoms with E-state index in [4.69, 9.17) is 9.72 Å². The van der Waals surface area contributed by atoms with Gasteiger partial charge in [-0.05, 0) is 69.9 Å². The highest BCUT2D eigenvalue weighted by atomic mass is 32.2. The van der Waals surface area contributed by atoms with Gasteiger partial charge in [0.2, 0.25) is 27.5 Å². The first-order valence-electron chi connectivity index (χ1n) is 18.5. The van der Waals surface area contributed by atoms with Crippen LogP contribution >= 0.6 is 0 Å². The molecule has 2 aliphatic rings. The van der Waals surface area contributed by atoms with Gasteiger partial charge in [-0.1, -0.05) is 0 Å². The Morgan fingerprint density at radius 3 is 2.57 bits per heavy atom. The summed E-state index contributed by atoms with van der Waals surface area (Å²) in [6, 6.07) is 7.56. The SMILES string of the molecule is CNc1nn(C)c2nc(C3CCN(C(O)(O)C4CCCN(S(=O)(=O)c5ccc(Nc6nc7c(OC(C)C)c(-c8cn[nH]c8)ncn7n6)c(F)c5)C4)CC3)ccc12. The number of aromatic nitrogens is 9. The minimum atomic E-state index is -4.19. The molecule has 0 bridgehead atoms. The minimum absolute atomic E-state index is 0.0400. The zero-order valence-corrected chi connectivity index (χ0v) is 32.2. The van der Waals surface area contributed by atoms with Gasteiger partial charge in [0.05, 0.1) is 28.3 Å². The number of aromatic amines is 1. The molecule has 296 valence electrons. The number of anilines is 3. The molecular weight excluding hydrogens is 746 g/mol. The molecule has 0 aliphatic carbocycles. The number of pyridine rings is 1. The predicted octanol–water partition coefficient (Wildman–Crippen LogP) is 3.43. The van der Waals surface area contributed by atoms with Gasteiger partial charge in [0.25, 0.3) is 0 Å². The number of likely N-dealkylation sites (tertiary alicyclic amines) is 1. The number of fused-ring (bicyclic) bond motifs is 2. The van der Waals surface area contributed by atoms with Gasteiger partial charge >= 0.3 is 0 Å². The standard InChI is InChI=1S/C36H44FN13O5S/c1-21(2)55-31-30(23-17-40-41-18-23)39-20-50-34(31)44-35(46-50)43-29-9-7-25(16-27(29)37)56(53,54)49-13-5-6-24(19-49)36(51,52)48-14-11-22(12-15-48)28-10-8-26-32(38-3)45-47(4)33(26)42-28/h7-10,16-18,20-22,24,51-52H,5-6,11-15,19H2,1-4H3,(H,38,45)(H,40,41)(H,43,46). The van der Waals surface area contributed by atoms with Gasteiger partial charge in [0.15, 0.2) is 17.2 Å². The molecule has 0 amide bonds. The summed E-state index contributed by atoms with van der Waals surface area (Å²) in [4.78, 5) is 15.2. The Balaban J connectivity index is 0.940. The summed E-state index contributed by atoms with van der Waals surface area (Å²) >= 11 is 0. The molecule has 7 heterocycles. The molecule has 0 saturated carbocycles. The molecule has 8 rings (SSSR count). The molecular formula is C36H44FN13O5S. The number of piperidine rings is 2. The van der Waals surface area contributed by atoms with Crippen LogP contribution in [0.4, 0.5) is 21.8 Å². The average molecular weight is 790 g/mol. The van der Waals surface area contributed by atoms with Gasteiger partial charge in [-0.2, -0.15) is 24.0 Å². The molecule has 56 heavy (non-hydrogen) atoms. The van der Waals surface area contributed by atoms with Crippen molar-refractivity contribution in [3.63, 3.8) is 0 Å². The molecule has 2 saturated heterocycles. The second-order valence-corrected chi connectivity index (χ2v) is 16.5. The van der Waals surface area contributed by atoms with E-state index in [0.717, 1.165) is 28.6 Å². The Hall–Kier alpha value is -5.28. The predicted molar refractivity (Wildman–Crippen MR) is 204 cm³/mol. The molecule has 0 spiro atoms. The molecule has 1 aromatic carbocycles. The highest BCUT2D eigenvalue weighted by Gasteiger charge is 2.46. The van der Waals surface area contributed by atoms with Crippen molar-refractivity contribution < 1.29 is 27.8 Å². The van der Waals surface area contributed by atoms with Crippen molar-refractivity contribution in [2.45, 2.75) is 62.4 Å². The summed E-state index contributed by atoms with van der Waals surface area (Å²) in [5.74, 6) is -2.58. The van der Waals surface area contributed by atoms with E-state index in [2.05, 4.69) is 41.0 Å². The van der Waals surface area contributed by atoms with Crippen LogP contribution in [0.5, 0.6) is 5.75 Å². The van der Waals surface area contributed by atoms with Crippen LogP contribution in [0.2, 0.25) is 0 Å². The monoisotopic (exact) mass is 789 g/mol. The van der Waals surface area contributed by atoms with Crippen molar-refractivity contribution in [1.82, 2.24) is 53.7 Å². The van der Waals surface area contributed by atoms with E-state index >= 15 is 4.39 Å². The molecule has 6 aromatic rings. The van der Waals surface area contributed by atoms with E-state index in [9.17, 15) is 18.6 Å². The van der Waals surface area contributed by atoms with Crippen LogP contribution in [0.15, 0.2) is 53.9 Å². The normalized spacial score (nSPS) is 18.0. The number of aryl methyl sites for hydroxylation is 1. The highest BCUT2D eigenvalue weighted by Crippen LogP contribution is 2.37. The molecule has 5 N–H and O–H groups in total. The summed E-state index contributed by atoms with van der Waals surface area (Å²) < 4.78 is 53.7. The summed E-state index contributed by atoms with van der Waals surface area (Å²) in [5, 5.41) is 45.4. The third-order valence-corrected chi connectivity index (χ3v) is 12.4. The maximum Gasteiger partial charge on any atom is 0.247 e. The van der Waals surface area contributed by atoms with Crippen molar-refractivity contribution >= 4 is 44.2 Å². The lowest BCUT2D eigenvalue weighted by Crippen LogP contribution is -2.60. The van der Waals surface area contributed by atoms with Gasteiger partial charge in [-0.3, -0.25) is 10.00 Å². The quantitative estimate of drug-likeness (QED) is 0.119. The van der Waals surface area contributed by atoms with Crippen molar-refractivity contribution in [3.05, 3.63) is 60.6 Å². The number of sulfonamides is 1. The third-order valence-electron chi connectivity index (χ3n) is 10.6.